The van der Waals surface area contributed by atoms with Crippen molar-refractivity contribution in [3.63, 3.8) is 0 Å². The van der Waals surface area contributed by atoms with Gasteiger partial charge in [-0.2, -0.15) is 0 Å². The molecule has 0 unspecified atom stereocenters. The molecule has 1 saturated heterocycles. The average molecular weight is 271 g/mol. The van der Waals surface area contributed by atoms with Gasteiger partial charge in [0, 0.05) is 24.5 Å². The molecule has 0 bridgehead atoms. The monoisotopic (exact) mass is 271 g/mol. The lowest BCUT2D eigenvalue weighted by Crippen LogP contribution is -2.29. The van der Waals surface area contributed by atoms with E-state index in [0.717, 1.165) is 18.8 Å². The van der Waals surface area contributed by atoms with Gasteiger partial charge >= 0.3 is 0 Å². The Morgan fingerprint density at radius 1 is 1.15 bits per heavy atom. The molecule has 1 aromatic carbocycles. The molecule has 104 valence electrons. The number of carbonyl (C=O) groups excluding carboxylic acids is 1. The van der Waals surface area contributed by atoms with Gasteiger partial charge in [0.2, 0.25) is 0 Å². The quantitative estimate of drug-likeness (QED) is 0.932. The fraction of sp³-hybridized carbons (Fsp3) is 0.333. The molecule has 5 nitrogen and oxygen atoms in total. The van der Waals surface area contributed by atoms with Crippen LogP contribution in [0.1, 0.15) is 29.8 Å². The number of hydrogen-bond donors (Lipinski definition) is 1. The van der Waals surface area contributed by atoms with Crippen molar-refractivity contribution in [1.29, 1.82) is 0 Å². The van der Waals surface area contributed by atoms with Gasteiger partial charge in [0.15, 0.2) is 12.1 Å². The van der Waals surface area contributed by atoms with Crippen molar-refractivity contribution in [1.82, 2.24) is 4.98 Å². The van der Waals surface area contributed by atoms with E-state index in [2.05, 4.69) is 15.2 Å². The van der Waals surface area contributed by atoms with Crippen molar-refractivity contribution < 1.29 is 9.21 Å². The van der Waals surface area contributed by atoms with Crippen molar-refractivity contribution in [3.8, 4) is 0 Å². The number of anilines is 2. The molecular weight excluding hydrogens is 254 g/mol. The fourth-order valence-electron chi connectivity index (χ4n) is 2.43. The SMILES string of the molecule is O=C(Nc1ccc(N2CCCCC2)cc1)c1cocn1. The smallest absolute Gasteiger partial charge is 0.277 e. The van der Waals surface area contributed by atoms with Crippen molar-refractivity contribution >= 4 is 17.3 Å². The lowest BCUT2D eigenvalue weighted by Gasteiger charge is -2.28. The summed E-state index contributed by atoms with van der Waals surface area (Å²) in [4.78, 5) is 18.0. The van der Waals surface area contributed by atoms with Gasteiger partial charge in [-0.15, -0.1) is 0 Å². The maximum absolute atomic E-state index is 11.8. The van der Waals surface area contributed by atoms with E-state index in [1.165, 1.54) is 37.6 Å². The third-order valence-corrected chi connectivity index (χ3v) is 3.51. The molecule has 5 heteroatoms. The van der Waals surface area contributed by atoms with Gasteiger partial charge < -0.3 is 14.6 Å². The van der Waals surface area contributed by atoms with Crippen LogP contribution in [0.25, 0.3) is 0 Å². The first kappa shape index (κ1) is 12.7. The summed E-state index contributed by atoms with van der Waals surface area (Å²) >= 11 is 0. The van der Waals surface area contributed by atoms with E-state index in [9.17, 15) is 4.79 Å². The van der Waals surface area contributed by atoms with Crippen LogP contribution in [0, 0.1) is 0 Å². The summed E-state index contributed by atoms with van der Waals surface area (Å²) < 4.78 is 4.79. The molecule has 3 rings (SSSR count). The Hall–Kier alpha value is -2.30. The zero-order chi connectivity index (χ0) is 13.8. The molecule has 1 aliphatic rings. The second kappa shape index (κ2) is 5.77. The number of hydrogen-bond acceptors (Lipinski definition) is 4. The number of oxazole rings is 1. The first-order chi connectivity index (χ1) is 9.83. The highest BCUT2D eigenvalue weighted by atomic mass is 16.3. The summed E-state index contributed by atoms with van der Waals surface area (Å²) in [6.45, 7) is 2.23. The van der Waals surface area contributed by atoms with Gasteiger partial charge in [0.1, 0.15) is 6.26 Å². The second-order valence-electron chi connectivity index (χ2n) is 4.92. The molecule has 2 aromatic rings. The van der Waals surface area contributed by atoms with Crippen LogP contribution in [0.15, 0.2) is 41.3 Å². The molecule has 1 amide bonds. The number of amides is 1. The van der Waals surface area contributed by atoms with Gasteiger partial charge in [-0.1, -0.05) is 0 Å². The normalized spacial score (nSPS) is 15.1. The second-order valence-corrected chi connectivity index (χ2v) is 4.92. The highest BCUT2D eigenvalue weighted by Gasteiger charge is 2.12. The fourth-order valence-corrected chi connectivity index (χ4v) is 2.43. The summed E-state index contributed by atoms with van der Waals surface area (Å²) in [5.74, 6) is -0.260. The molecule has 1 aliphatic heterocycles. The summed E-state index contributed by atoms with van der Waals surface area (Å²) in [5.41, 5.74) is 2.26. The van der Waals surface area contributed by atoms with Crippen LogP contribution in [-0.4, -0.2) is 24.0 Å². The molecule has 0 aliphatic carbocycles. The van der Waals surface area contributed by atoms with E-state index >= 15 is 0 Å². The zero-order valence-corrected chi connectivity index (χ0v) is 11.2. The van der Waals surface area contributed by atoms with E-state index in [1.54, 1.807) is 0 Å². The number of rotatable bonds is 3. The minimum atomic E-state index is -0.260. The molecule has 0 spiro atoms. The predicted octanol–water partition coefficient (Wildman–Crippen LogP) is 2.92. The molecule has 20 heavy (non-hydrogen) atoms. The van der Waals surface area contributed by atoms with E-state index < -0.39 is 0 Å². The average Bonchev–Trinajstić information content (AvgIpc) is 3.03. The topological polar surface area (TPSA) is 58.4 Å². The highest BCUT2D eigenvalue weighted by Crippen LogP contribution is 2.21. The maximum atomic E-state index is 11.8. The van der Waals surface area contributed by atoms with Gasteiger partial charge in [-0.3, -0.25) is 4.79 Å². The third kappa shape index (κ3) is 2.82. The van der Waals surface area contributed by atoms with Crippen LogP contribution < -0.4 is 10.2 Å². The molecule has 2 heterocycles. The van der Waals surface area contributed by atoms with Gasteiger partial charge in [0.05, 0.1) is 0 Å². The van der Waals surface area contributed by atoms with Crippen LogP contribution in [0.2, 0.25) is 0 Å². The molecule has 0 atom stereocenters. The van der Waals surface area contributed by atoms with Crippen molar-refractivity contribution in [3.05, 3.63) is 42.6 Å². The number of benzene rings is 1. The molecule has 0 saturated carbocycles. The van der Waals surface area contributed by atoms with Crippen LogP contribution in [0.5, 0.6) is 0 Å². The Kier molecular flexibility index (Phi) is 3.67. The largest absolute Gasteiger partial charge is 0.451 e. The number of nitrogens with zero attached hydrogens (tertiary/aromatic N) is 2. The molecular formula is C15H17N3O2. The standard InChI is InChI=1S/C15H17N3O2/c19-15(14-10-20-11-16-14)17-12-4-6-13(7-5-12)18-8-2-1-3-9-18/h4-7,10-11H,1-3,8-9H2,(H,17,19). The number of aromatic nitrogens is 1. The van der Waals surface area contributed by atoms with E-state index in [-0.39, 0.29) is 11.6 Å². The van der Waals surface area contributed by atoms with E-state index in [0.29, 0.717) is 0 Å². The molecule has 0 radical (unpaired) electrons. The summed E-state index contributed by atoms with van der Waals surface area (Å²) in [7, 11) is 0. The first-order valence-corrected chi connectivity index (χ1v) is 6.87. The molecule has 1 aromatic heterocycles. The Morgan fingerprint density at radius 3 is 2.55 bits per heavy atom. The maximum Gasteiger partial charge on any atom is 0.277 e. The zero-order valence-electron chi connectivity index (χ0n) is 11.2. The van der Waals surface area contributed by atoms with Crippen molar-refractivity contribution in [2.24, 2.45) is 0 Å². The Morgan fingerprint density at radius 2 is 1.90 bits per heavy atom. The van der Waals surface area contributed by atoms with Crippen LogP contribution >= 0.6 is 0 Å². The highest BCUT2D eigenvalue weighted by molar-refractivity contribution is 6.02. The van der Waals surface area contributed by atoms with Crippen molar-refractivity contribution in [2.75, 3.05) is 23.3 Å². The van der Waals surface area contributed by atoms with E-state index in [1.807, 2.05) is 24.3 Å². The lowest BCUT2D eigenvalue weighted by molar-refractivity contribution is 0.102. The number of piperidine rings is 1. The first-order valence-electron chi connectivity index (χ1n) is 6.87. The minimum absolute atomic E-state index is 0.260. The van der Waals surface area contributed by atoms with Crippen LogP contribution in [0.3, 0.4) is 0 Å². The predicted molar refractivity (Wildman–Crippen MR) is 77.0 cm³/mol. The lowest BCUT2D eigenvalue weighted by atomic mass is 10.1. The summed E-state index contributed by atoms with van der Waals surface area (Å²) in [6.07, 6.45) is 6.41. The van der Waals surface area contributed by atoms with Crippen molar-refractivity contribution in [2.45, 2.75) is 19.3 Å². The molecule has 1 fully saturated rings. The summed E-state index contributed by atoms with van der Waals surface area (Å²) in [6, 6.07) is 7.93. The van der Waals surface area contributed by atoms with E-state index in [4.69, 9.17) is 4.42 Å². The number of nitrogens with one attached hydrogen (secondary N) is 1. The van der Waals surface area contributed by atoms with Crippen LogP contribution in [-0.2, 0) is 0 Å². The van der Waals surface area contributed by atoms with Gasteiger partial charge in [-0.05, 0) is 43.5 Å². The summed E-state index contributed by atoms with van der Waals surface area (Å²) in [5, 5.41) is 2.79. The Balaban J connectivity index is 1.65. The Labute approximate surface area is 117 Å². The minimum Gasteiger partial charge on any atom is -0.451 e. The van der Waals surface area contributed by atoms with Gasteiger partial charge in [0.25, 0.3) is 5.91 Å². The Bertz CT molecular complexity index is 557. The van der Waals surface area contributed by atoms with Crippen LogP contribution in [0.4, 0.5) is 11.4 Å². The third-order valence-electron chi connectivity index (χ3n) is 3.51. The number of carbonyl (C=O) groups is 1. The molecule has 1 N–H and O–H groups in total. The van der Waals surface area contributed by atoms with Gasteiger partial charge in [-0.25, -0.2) is 4.98 Å².